The Morgan fingerprint density at radius 2 is 2.03 bits per heavy atom. The molecule has 0 amide bonds. The Morgan fingerprint density at radius 1 is 1.27 bits per heavy atom. The molecular weight excluding hydrogens is 426 g/mol. The second kappa shape index (κ2) is 7.46. The van der Waals surface area contributed by atoms with E-state index in [0.29, 0.717) is 36.0 Å². The van der Waals surface area contributed by atoms with Gasteiger partial charge < -0.3 is 29.8 Å². The molecule has 178 valence electrons. The minimum absolute atomic E-state index is 0.0728. The van der Waals surface area contributed by atoms with E-state index in [1.165, 1.54) is 13.8 Å². The van der Waals surface area contributed by atoms with Gasteiger partial charge in [-0.2, -0.15) is 0 Å². The van der Waals surface area contributed by atoms with Crippen molar-refractivity contribution in [2.24, 2.45) is 17.6 Å². The smallest absolute Gasteiger partial charge is 0.352 e. The molecule has 33 heavy (non-hydrogen) atoms. The zero-order valence-electron chi connectivity index (χ0n) is 19.4. The van der Waals surface area contributed by atoms with Crippen LogP contribution in [0.25, 0.3) is 0 Å². The van der Waals surface area contributed by atoms with E-state index in [9.17, 15) is 14.7 Å². The van der Waals surface area contributed by atoms with Gasteiger partial charge in [-0.05, 0) is 69.1 Å². The van der Waals surface area contributed by atoms with Crippen molar-refractivity contribution in [1.29, 1.82) is 0 Å². The minimum atomic E-state index is -1.12. The predicted octanol–water partition coefficient (Wildman–Crippen LogP) is 2.14. The quantitative estimate of drug-likeness (QED) is 0.646. The van der Waals surface area contributed by atoms with Gasteiger partial charge in [0.15, 0.2) is 23.7 Å². The number of hydrogen-bond acceptors (Lipinski definition) is 8. The van der Waals surface area contributed by atoms with Crippen molar-refractivity contribution < 1.29 is 33.6 Å². The molecule has 1 unspecified atom stereocenters. The van der Waals surface area contributed by atoms with E-state index in [-0.39, 0.29) is 5.92 Å². The molecular formula is C25H31NO7. The van der Waals surface area contributed by atoms with Crippen LogP contribution in [-0.4, -0.2) is 48.0 Å². The lowest BCUT2D eigenvalue weighted by atomic mass is 9.45. The Hall–Kier alpha value is -2.58. The molecule has 3 N–H and O–H groups in total. The van der Waals surface area contributed by atoms with Crippen LogP contribution in [0.1, 0.15) is 51.2 Å². The average Bonchev–Trinajstić information content (AvgIpc) is 3.13. The predicted molar refractivity (Wildman–Crippen MR) is 118 cm³/mol. The molecule has 8 heteroatoms. The molecule has 1 spiro atoms. The normalized spacial score (nSPS) is 34.8. The van der Waals surface area contributed by atoms with Crippen molar-refractivity contribution in [1.82, 2.24) is 0 Å². The van der Waals surface area contributed by atoms with Crippen LogP contribution in [0.5, 0.6) is 11.5 Å². The third kappa shape index (κ3) is 2.89. The SMILES string of the molecule is COc1ccc2c3c1O[C@H]1C(OC(=O)[C@H](C)OC(=O)[C@H](C)N)=CC[C@@]4(O)[C@@H](C2)C(C)CC[C@]314. The maximum atomic E-state index is 12.8. The summed E-state index contributed by atoms with van der Waals surface area (Å²) in [5.41, 5.74) is 5.93. The number of esters is 2. The second-order valence-corrected chi connectivity index (χ2v) is 9.95. The Bertz CT molecular complexity index is 1050. The summed E-state index contributed by atoms with van der Waals surface area (Å²) in [6.07, 6.45) is 2.74. The maximum absolute atomic E-state index is 12.8. The number of methoxy groups -OCH3 is 1. The van der Waals surface area contributed by atoms with Crippen molar-refractivity contribution in [3.8, 4) is 11.5 Å². The lowest BCUT2D eigenvalue weighted by Gasteiger charge is -2.61. The van der Waals surface area contributed by atoms with Crippen LogP contribution in [0.2, 0.25) is 0 Å². The number of carbonyl (C=O) groups is 2. The molecule has 0 aromatic heterocycles. The molecule has 1 aromatic carbocycles. The van der Waals surface area contributed by atoms with Crippen LogP contribution in [0.4, 0.5) is 0 Å². The molecule has 3 aliphatic carbocycles. The van der Waals surface area contributed by atoms with Crippen LogP contribution in [-0.2, 0) is 30.9 Å². The topological polar surface area (TPSA) is 117 Å². The Balaban J connectivity index is 1.54. The summed E-state index contributed by atoms with van der Waals surface area (Å²) in [6.45, 7) is 5.14. The fourth-order valence-corrected chi connectivity index (χ4v) is 6.49. The molecule has 1 aliphatic heterocycles. The summed E-state index contributed by atoms with van der Waals surface area (Å²) < 4.78 is 22.9. The largest absolute Gasteiger partial charge is 0.493 e. The number of carbonyl (C=O) groups excluding carboxylic acids is 2. The standard InChI is InChI=1S/C25H31NO7/c1-12-7-9-24-19-15-5-6-17(30-4)20(19)33-21(24)18(8-10-25(24,29)16(12)11-15)32-23(28)14(3)31-22(27)13(2)26/h5-6,8,12-14,16,21,29H,7,9-11,26H2,1-4H3/t12?,13-,14-,16-,21-,24-,25+/m0/s1. The Labute approximate surface area is 193 Å². The molecule has 8 nitrogen and oxygen atoms in total. The number of benzene rings is 1. The van der Waals surface area contributed by atoms with Gasteiger partial charge in [-0.15, -0.1) is 0 Å². The van der Waals surface area contributed by atoms with Crippen LogP contribution in [0, 0.1) is 11.8 Å². The van der Waals surface area contributed by atoms with E-state index >= 15 is 0 Å². The average molecular weight is 458 g/mol. The number of ether oxygens (including phenoxy) is 4. The summed E-state index contributed by atoms with van der Waals surface area (Å²) in [5, 5.41) is 12.2. The Kier molecular flexibility index (Phi) is 5.03. The van der Waals surface area contributed by atoms with Gasteiger partial charge in [0.2, 0.25) is 0 Å². The molecule has 1 heterocycles. The summed E-state index contributed by atoms with van der Waals surface area (Å²) in [7, 11) is 1.59. The molecule has 5 rings (SSSR count). The number of nitrogens with two attached hydrogens (primary N) is 1. The summed E-state index contributed by atoms with van der Waals surface area (Å²) in [6, 6.07) is 3.12. The monoisotopic (exact) mass is 457 g/mol. The molecule has 1 aromatic rings. The fraction of sp³-hybridized carbons (Fsp3) is 0.600. The number of rotatable bonds is 5. The van der Waals surface area contributed by atoms with Gasteiger partial charge in [-0.25, -0.2) is 4.79 Å². The van der Waals surface area contributed by atoms with E-state index < -0.39 is 41.2 Å². The van der Waals surface area contributed by atoms with Crippen LogP contribution < -0.4 is 15.2 Å². The van der Waals surface area contributed by atoms with E-state index in [1.807, 2.05) is 6.07 Å². The van der Waals surface area contributed by atoms with Crippen molar-refractivity contribution in [2.45, 2.75) is 75.7 Å². The molecule has 1 fully saturated rings. The highest BCUT2D eigenvalue weighted by molar-refractivity contribution is 5.82. The number of hydrogen-bond donors (Lipinski definition) is 2. The zero-order valence-corrected chi connectivity index (χ0v) is 19.4. The van der Waals surface area contributed by atoms with E-state index in [0.717, 1.165) is 24.0 Å². The van der Waals surface area contributed by atoms with Crippen LogP contribution >= 0.6 is 0 Å². The summed E-state index contributed by atoms with van der Waals surface area (Å²) in [5.74, 6) is 0.599. The van der Waals surface area contributed by atoms with Gasteiger partial charge in [-0.3, -0.25) is 4.79 Å². The lowest BCUT2D eigenvalue weighted by molar-refractivity contribution is -0.176. The minimum Gasteiger partial charge on any atom is -0.493 e. The van der Waals surface area contributed by atoms with Gasteiger partial charge in [0.1, 0.15) is 11.8 Å². The molecule has 4 aliphatic rings. The van der Waals surface area contributed by atoms with E-state index in [4.69, 9.17) is 24.7 Å². The summed E-state index contributed by atoms with van der Waals surface area (Å²) >= 11 is 0. The van der Waals surface area contributed by atoms with Crippen molar-refractivity contribution in [2.75, 3.05) is 7.11 Å². The lowest BCUT2D eigenvalue weighted by Crippen LogP contribution is -2.69. The molecule has 1 saturated carbocycles. The third-order valence-corrected chi connectivity index (χ3v) is 8.15. The van der Waals surface area contributed by atoms with Crippen molar-refractivity contribution >= 4 is 11.9 Å². The van der Waals surface area contributed by atoms with E-state index in [1.54, 1.807) is 13.2 Å². The fourth-order valence-electron chi connectivity index (χ4n) is 6.49. The van der Waals surface area contributed by atoms with Crippen molar-refractivity contribution in [3.63, 3.8) is 0 Å². The van der Waals surface area contributed by atoms with Crippen molar-refractivity contribution in [3.05, 3.63) is 35.1 Å². The third-order valence-electron chi connectivity index (χ3n) is 8.15. The Morgan fingerprint density at radius 3 is 2.73 bits per heavy atom. The number of aliphatic hydroxyl groups is 1. The summed E-state index contributed by atoms with van der Waals surface area (Å²) in [4.78, 5) is 24.6. The molecule has 7 atom stereocenters. The first-order valence-corrected chi connectivity index (χ1v) is 11.6. The van der Waals surface area contributed by atoms with Gasteiger partial charge in [0.25, 0.3) is 0 Å². The van der Waals surface area contributed by atoms with Gasteiger partial charge >= 0.3 is 11.9 Å². The van der Waals surface area contributed by atoms with Gasteiger partial charge in [-0.1, -0.05) is 13.0 Å². The maximum Gasteiger partial charge on any atom is 0.352 e. The van der Waals surface area contributed by atoms with Gasteiger partial charge in [0, 0.05) is 5.56 Å². The first-order valence-electron chi connectivity index (χ1n) is 11.6. The highest BCUT2D eigenvalue weighted by Gasteiger charge is 2.72. The molecule has 2 bridgehead atoms. The van der Waals surface area contributed by atoms with Crippen LogP contribution in [0.15, 0.2) is 24.0 Å². The zero-order chi connectivity index (χ0) is 23.7. The second-order valence-electron chi connectivity index (χ2n) is 9.95. The van der Waals surface area contributed by atoms with Crippen LogP contribution in [0.3, 0.4) is 0 Å². The highest BCUT2D eigenvalue weighted by atomic mass is 16.6. The van der Waals surface area contributed by atoms with E-state index in [2.05, 4.69) is 13.0 Å². The highest BCUT2D eigenvalue weighted by Crippen LogP contribution is 2.68. The first-order chi connectivity index (χ1) is 15.6. The van der Waals surface area contributed by atoms with Gasteiger partial charge in [0.05, 0.1) is 18.1 Å². The first kappa shape index (κ1) is 22.2. The molecule has 0 saturated heterocycles. The molecule has 0 radical (unpaired) electrons.